The van der Waals surface area contributed by atoms with Crippen molar-refractivity contribution in [3.8, 4) is 33.4 Å². The molecule has 10 rings (SSSR count). The zero-order chi connectivity index (χ0) is 32.4. The SMILES string of the molecule is c1ccc(C2=NC(c3ccc(-c4ccccc4)cc3)NC(c3ccc4c(c3)C3(c5ccccc5-c5ccccc53)c3ccccc3-4)=N2)cc1. The lowest BCUT2D eigenvalue weighted by Gasteiger charge is -2.31. The molecule has 1 spiro atoms. The monoisotopic (exact) mass is 625 g/mol. The predicted octanol–water partition coefficient (Wildman–Crippen LogP) is 10.2. The predicted molar refractivity (Wildman–Crippen MR) is 200 cm³/mol. The van der Waals surface area contributed by atoms with Crippen molar-refractivity contribution in [1.82, 2.24) is 5.32 Å². The van der Waals surface area contributed by atoms with Gasteiger partial charge in [-0.05, 0) is 67.3 Å². The van der Waals surface area contributed by atoms with E-state index < -0.39 is 5.41 Å². The highest BCUT2D eigenvalue weighted by molar-refractivity contribution is 6.13. The molecule has 0 amide bonds. The van der Waals surface area contributed by atoms with Crippen LogP contribution in [0, 0.1) is 0 Å². The minimum Gasteiger partial charge on any atom is -0.344 e. The summed E-state index contributed by atoms with van der Waals surface area (Å²) in [5, 5.41) is 3.74. The molecule has 7 aromatic carbocycles. The number of rotatable bonds is 4. The summed E-state index contributed by atoms with van der Waals surface area (Å²) in [4.78, 5) is 10.4. The highest BCUT2D eigenvalue weighted by Crippen LogP contribution is 2.62. The van der Waals surface area contributed by atoms with E-state index in [9.17, 15) is 0 Å². The van der Waals surface area contributed by atoms with Crippen molar-refractivity contribution in [1.29, 1.82) is 0 Å². The molecule has 230 valence electrons. The molecule has 1 N–H and O–H groups in total. The smallest absolute Gasteiger partial charge is 0.159 e. The number of nitrogens with zero attached hydrogens (tertiary/aromatic N) is 2. The van der Waals surface area contributed by atoms with Crippen molar-refractivity contribution in [2.24, 2.45) is 9.98 Å². The molecule has 1 heterocycles. The summed E-state index contributed by atoms with van der Waals surface area (Å²) in [5.74, 6) is 1.54. The van der Waals surface area contributed by atoms with Crippen LogP contribution in [0.1, 0.15) is 45.1 Å². The Morgan fingerprint density at radius 1 is 0.408 bits per heavy atom. The Labute approximate surface area is 286 Å². The van der Waals surface area contributed by atoms with Crippen molar-refractivity contribution in [3.63, 3.8) is 0 Å². The highest BCUT2D eigenvalue weighted by Gasteiger charge is 2.51. The molecular weight excluding hydrogens is 595 g/mol. The van der Waals surface area contributed by atoms with Crippen LogP contribution >= 0.6 is 0 Å². The first-order valence-electron chi connectivity index (χ1n) is 16.9. The number of aliphatic imine (C=N–C) groups is 2. The van der Waals surface area contributed by atoms with Gasteiger partial charge in [0.15, 0.2) is 5.84 Å². The summed E-state index contributed by atoms with van der Waals surface area (Å²) < 4.78 is 0. The van der Waals surface area contributed by atoms with E-state index >= 15 is 0 Å². The van der Waals surface area contributed by atoms with Crippen molar-refractivity contribution >= 4 is 11.7 Å². The molecule has 1 atom stereocenters. The zero-order valence-electron chi connectivity index (χ0n) is 26.7. The first kappa shape index (κ1) is 27.8. The van der Waals surface area contributed by atoms with Crippen LogP contribution in [0.25, 0.3) is 33.4 Å². The van der Waals surface area contributed by atoms with Gasteiger partial charge in [-0.25, -0.2) is 9.98 Å². The molecule has 0 saturated carbocycles. The lowest BCUT2D eigenvalue weighted by Crippen LogP contribution is -2.34. The molecule has 3 aliphatic rings. The molecule has 0 radical (unpaired) electrons. The highest BCUT2D eigenvalue weighted by atomic mass is 15.2. The summed E-state index contributed by atoms with van der Waals surface area (Å²) in [6.07, 6.45) is -0.292. The van der Waals surface area contributed by atoms with Crippen molar-refractivity contribution < 1.29 is 0 Å². The van der Waals surface area contributed by atoms with E-state index in [0.717, 1.165) is 28.4 Å². The molecule has 2 aliphatic carbocycles. The summed E-state index contributed by atoms with van der Waals surface area (Å²) >= 11 is 0. The second-order valence-corrected chi connectivity index (χ2v) is 13.0. The van der Waals surface area contributed by atoms with Crippen LogP contribution in [0.3, 0.4) is 0 Å². The van der Waals surface area contributed by atoms with E-state index in [0.29, 0.717) is 0 Å². The zero-order valence-corrected chi connectivity index (χ0v) is 26.7. The van der Waals surface area contributed by atoms with Crippen LogP contribution in [0.4, 0.5) is 0 Å². The van der Waals surface area contributed by atoms with Gasteiger partial charge >= 0.3 is 0 Å². The van der Waals surface area contributed by atoms with Gasteiger partial charge in [0.2, 0.25) is 0 Å². The minimum atomic E-state index is -0.409. The van der Waals surface area contributed by atoms with Crippen LogP contribution in [0.15, 0.2) is 186 Å². The lowest BCUT2D eigenvalue weighted by atomic mass is 9.70. The fourth-order valence-electron chi connectivity index (χ4n) is 8.21. The Balaban J connectivity index is 1.13. The molecule has 1 aliphatic heterocycles. The van der Waals surface area contributed by atoms with E-state index in [4.69, 9.17) is 9.98 Å². The topological polar surface area (TPSA) is 36.8 Å². The van der Waals surface area contributed by atoms with Gasteiger partial charge in [-0.3, -0.25) is 0 Å². The summed E-state index contributed by atoms with van der Waals surface area (Å²) in [7, 11) is 0. The van der Waals surface area contributed by atoms with E-state index in [-0.39, 0.29) is 6.17 Å². The largest absolute Gasteiger partial charge is 0.344 e. The molecule has 49 heavy (non-hydrogen) atoms. The fourth-order valence-corrected chi connectivity index (χ4v) is 8.21. The Hall–Kier alpha value is -6.32. The molecule has 3 nitrogen and oxygen atoms in total. The van der Waals surface area contributed by atoms with E-state index in [1.165, 1.54) is 55.6 Å². The van der Waals surface area contributed by atoms with Gasteiger partial charge in [-0.1, -0.05) is 170 Å². The number of nitrogens with one attached hydrogen (secondary N) is 1. The Kier molecular flexibility index (Phi) is 6.16. The summed E-state index contributed by atoms with van der Waals surface area (Å²) in [6.45, 7) is 0. The second kappa shape index (κ2) is 10.9. The number of fused-ring (bicyclic) bond motifs is 10. The Morgan fingerprint density at radius 2 is 0.878 bits per heavy atom. The van der Waals surface area contributed by atoms with Crippen molar-refractivity contribution in [3.05, 3.63) is 215 Å². The van der Waals surface area contributed by atoms with Crippen LogP contribution in [0.5, 0.6) is 0 Å². The van der Waals surface area contributed by atoms with Crippen LogP contribution in [-0.4, -0.2) is 11.7 Å². The maximum atomic E-state index is 5.20. The van der Waals surface area contributed by atoms with Gasteiger partial charge in [-0.15, -0.1) is 0 Å². The third kappa shape index (κ3) is 4.15. The van der Waals surface area contributed by atoms with E-state index in [2.05, 4.69) is 157 Å². The quantitative estimate of drug-likeness (QED) is 0.208. The third-order valence-corrected chi connectivity index (χ3v) is 10.4. The van der Waals surface area contributed by atoms with E-state index in [1.54, 1.807) is 0 Å². The molecule has 0 saturated heterocycles. The number of benzene rings is 7. The lowest BCUT2D eigenvalue weighted by molar-refractivity contribution is 0.674. The molecule has 0 bridgehead atoms. The molecule has 1 unspecified atom stereocenters. The van der Waals surface area contributed by atoms with Crippen LogP contribution in [-0.2, 0) is 5.41 Å². The van der Waals surface area contributed by atoms with Gasteiger partial charge < -0.3 is 5.32 Å². The summed E-state index contributed by atoms with van der Waals surface area (Å²) in [6, 6.07) is 63.2. The molecular formula is C46H31N3. The van der Waals surface area contributed by atoms with Gasteiger partial charge in [0.1, 0.15) is 12.0 Å². The van der Waals surface area contributed by atoms with Crippen LogP contribution in [0.2, 0.25) is 0 Å². The molecule has 0 fully saturated rings. The van der Waals surface area contributed by atoms with Crippen molar-refractivity contribution in [2.45, 2.75) is 11.6 Å². The molecule has 0 aromatic heterocycles. The first-order valence-corrected chi connectivity index (χ1v) is 16.9. The molecule has 3 heteroatoms. The normalized spacial score (nSPS) is 16.1. The minimum absolute atomic E-state index is 0.292. The summed E-state index contributed by atoms with van der Waals surface area (Å²) in [5.41, 5.74) is 15.6. The maximum Gasteiger partial charge on any atom is 0.159 e. The Bertz CT molecular complexity index is 2390. The van der Waals surface area contributed by atoms with Gasteiger partial charge in [-0.2, -0.15) is 0 Å². The van der Waals surface area contributed by atoms with E-state index in [1.807, 2.05) is 24.3 Å². The van der Waals surface area contributed by atoms with Crippen LogP contribution < -0.4 is 5.32 Å². The Morgan fingerprint density at radius 3 is 1.47 bits per heavy atom. The average Bonchev–Trinajstić information content (AvgIpc) is 3.66. The number of hydrogen-bond donors (Lipinski definition) is 1. The first-order chi connectivity index (χ1) is 24.3. The van der Waals surface area contributed by atoms with Gasteiger partial charge in [0, 0.05) is 11.1 Å². The van der Waals surface area contributed by atoms with Gasteiger partial charge in [0.05, 0.1) is 5.41 Å². The second-order valence-electron chi connectivity index (χ2n) is 13.0. The van der Waals surface area contributed by atoms with Gasteiger partial charge in [0.25, 0.3) is 0 Å². The number of hydrogen-bond acceptors (Lipinski definition) is 3. The maximum absolute atomic E-state index is 5.20. The standard InChI is InChI=1S/C46H31N3/c1-3-13-30(14-4-1)31-23-25-33(26-24-31)44-47-43(32-15-5-2-6-16-32)48-45(49-44)34-27-28-38-37-19-9-12-22-41(37)46(42(38)29-34)39-20-10-7-17-35(39)36-18-8-11-21-40(36)46/h1-29,44H,(H,47,48,49). The fraction of sp³-hybridized carbons (Fsp3) is 0.0435. The number of amidine groups is 2. The molecule has 7 aromatic rings. The average molecular weight is 626 g/mol. The van der Waals surface area contributed by atoms with Crippen molar-refractivity contribution in [2.75, 3.05) is 0 Å². The third-order valence-electron chi connectivity index (χ3n) is 10.4.